The summed E-state index contributed by atoms with van der Waals surface area (Å²) in [6.07, 6.45) is -3.90. The van der Waals surface area contributed by atoms with Gasteiger partial charge in [0, 0.05) is 31.7 Å². The molecule has 1 aliphatic carbocycles. The van der Waals surface area contributed by atoms with Crippen molar-refractivity contribution in [1.29, 1.82) is 0 Å². The lowest BCUT2D eigenvalue weighted by Gasteiger charge is -2.19. The Labute approximate surface area is 200 Å². The summed E-state index contributed by atoms with van der Waals surface area (Å²) in [4.78, 5) is 18.5. The molecule has 3 atom stereocenters. The highest BCUT2D eigenvalue weighted by Crippen LogP contribution is 2.48. The molecule has 0 radical (unpaired) electrons. The summed E-state index contributed by atoms with van der Waals surface area (Å²) in [6, 6.07) is 10.4. The molecule has 4 rings (SSSR count). The SMILES string of the molecule is CC(C(=O)CCC(F)(F)F)c1ccc(OC2CCN(c3ccc(OCC4CC4(F)F)cn3)C2)cc1. The van der Waals surface area contributed by atoms with Crippen LogP contribution in [0.3, 0.4) is 0 Å². The largest absolute Gasteiger partial charge is 0.491 e. The molecular weight excluding hydrogens is 471 g/mol. The van der Waals surface area contributed by atoms with Crippen LogP contribution in [0.5, 0.6) is 11.5 Å². The smallest absolute Gasteiger partial charge is 0.389 e. The third-order valence-corrected chi connectivity index (χ3v) is 6.42. The van der Waals surface area contributed by atoms with Crippen molar-refractivity contribution in [3.8, 4) is 11.5 Å². The van der Waals surface area contributed by atoms with E-state index in [1.165, 1.54) is 6.20 Å². The Kier molecular flexibility index (Phi) is 7.19. The monoisotopic (exact) mass is 498 g/mol. The van der Waals surface area contributed by atoms with Crippen molar-refractivity contribution < 1.29 is 36.2 Å². The number of carbonyl (C=O) groups is 1. The highest BCUT2D eigenvalue weighted by molar-refractivity contribution is 5.85. The van der Waals surface area contributed by atoms with Gasteiger partial charge in [-0.1, -0.05) is 19.1 Å². The van der Waals surface area contributed by atoms with Crippen LogP contribution in [0.2, 0.25) is 0 Å². The average molecular weight is 498 g/mol. The van der Waals surface area contributed by atoms with E-state index in [0.717, 1.165) is 18.8 Å². The molecule has 0 bridgehead atoms. The fraction of sp³-hybridized carbons (Fsp3) is 0.520. The minimum Gasteiger partial charge on any atom is -0.491 e. The van der Waals surface area contributed by atoms with Gasteiger partial charge in [0.2, 0.25) is 0 Å². The maximum Gasteiger partial charge on any atom is 0.389 e. The zero-order chi connectivity index (χ0) is 25.2. The summed E-state index contributed by atoms with van der Waals surface area (Å²) in [7, 11) is 0. The summed E-state index contributed by atoms with van der Waals surface area (Å²) < 4.78 is 74.4. The van der Waals surface area contributed by atoms with Crippen LogP contribution in [0.25, 0.3) is 0 Å². The van der Waals surface area contributed by atoms with Gasteiger partial charge >= 0.3 is 6.18 Å². The Morgan fingerprint density at radius 3 is 2.46 bits per heavy atom. The number of nitrogens with zero attached hydrogens (tertiary/aromatic N) is 2. The van der Waals surface area contributed by atoms with Gasteiger partial charge in [-0.2, -0.15) is 13.2 Å². The van der Waals surface area contributed by atoms with E-state index in [2.05, 4.69) is 9.88 Å². The van der Waals surface area contributed by atoms with Crippen molar-refractivity contribution in [2.45, 2.75) is 56.7 Å². The lowest BCUT2D eigenvalue weighted by Crippen LogP contribution is -2.25. The van der Waals surface area contributed by atoms with Crippen molar-refractivity contribution in [1.82, 2.24) is 4.98 Å². The second-order valence-corrected chi connectivity index (χ2v) is 9.17. The van der Waals surface area contributed by atoms with Crippen molar-refractivity contribution in [3.63, 3.8) is 0 Å². The summed E-state index contributed by atoms with van der Waals surface area (Å²) in [5.41, 5.74) is 0.648. The minimum atomic E-state index is -4.34. The van der Waals surface area contributed by atoms with Gasteiger partial charge < -0.3 is 14.4 Å². The van der Waals surface area contributed by atoms with Crippen LogP contribution in [-0.2, 0) is 4.79 Å². The first-order chi connectivity index (χ1) is 16.5. The lowest BCUT2D eigenvalue weighted by atomic mass is 9.94. The molecule has 35 heavy (non-hydrogen) atoms. The van der Waals surface area contributed by atoms with Gasteiger partial charge in [-0.15, -0.1) is 0 Å². The molecular formula is C25H27F5N2O3. The Morgan fingerprint density at radius 2 is 1.86 bits per heavy atom. The zero-order valence-corrected chi connectivity index (χ0v) is 19.2. The van der Waals surface area contributed by atoms with Gasteiger partial charge in [-0.05, 0) is 29.8 Å². The molecule has 3 unspecified atom stereocenters. The molecule has 1 saturated heterocycles. The number of benzene rings is 1. The summed E-state index contributed by atoms with van der Waals surface area (Å²) >= 11 is 0. The maximum absolute atomic E-state index is 12.9. The average Bonchev–Trinajstić information content (AvgIpc) is 3.19. The first-order valence-electron chi connectivity index (χ1n) is 11.6. The molecule has 0 N–H and O–H groups in total. The van der Waals surface area contributed by atoms with Crippen molar-refractivity contribution in [2.24, 2.45) is 5.92 Å². The molecule has 2 aromatic rings. The molecule has 1 aliphatic heterocycles. The van der Waals surface area contributed by atoms with Crippen molar-refractivity contribution in [2.75, 3.05) is 24.6 Å². The highest BCUT2D eigenvalue weighted by Gasteiger charge is 2.57. The van der Waals surface area contributed by atoms with Crippen molar-refractivity contribution >= 4 is 11.6 Å². The number of rotatable bonds is 10. The maximum atomic E-state index is 12.9. The number of ether oxygens (including phenoxy) is 2. The van der Waals surface area contributed by atoms with E-state index in [-0.39, 0.29) is 19.1 Å². The van der Waals surface area contributed by atoms with Crippen LogP contribution >= 0.6 is 0 Å². The van der Waals surface area contributed by atoms with E-state index in [9.17, 15) is 26.7 Å². The third-order valence-electron chi connectivity index (χ3n) is 6.42. The van der Waals surface area contributed by atoms with Gasteiger partial charge in [0.25, 0.3) is 5.92 Å². The number of ketones is 1. The van der Waals surface area contributed by atoms with Gasteiger partial charge in [0.15, 0.2) is 0 Å². The molecule has 10 heteroatoms. The van der Waals surface area contributed by atoms with Gasteiger partial charge in [-0.3, -0.25) is 4.79 Å². The lowest BCUT2D eigenvalue weighted by molar-refractivity contribution is -0.143. The molecule has 0 amide bonds. The molecule has 1 aromatic heterocycles. The molecule has 2 aliphatic rings. The fourth-order valence-electron chi connectivity index (χ4n) is 4.02. The highest BCUT2D eigenvalue weighted by atomic mass is 19.4. The molecule has 1 aromatic carbocycles. The van der Waals surface area contributed by atoms with E-state index in [1.807, 2.05) is 0 Å². The number of aromatic nitrogens is 1. The standard InChI is InChI=1S/C25H27F5N2O3/c1-16(22(33)8-10-25(28,29)30)17-2-4-19(5-3-17)35-21-9-11-32(14-21)23-7-6-20(13-31-23)34-15-18-12-24(18,26)27/h2-7,13,16,18,21H,8-12,14-15H2,1H3. The molecule has 2 fully saturated rings. The van der Waals surface area contributed by atoms with E-state index in [0.29, 0.717) is 23.6 Å². The van der Waals surface area contributed by atoms with Crippen LogP contribution in [0.1, 0.15) is 44.1 Å². The van der Waals surface area contributed by atoms with E-state index >= 15 is 0 Å². The molecule has 2 heterocycles. The van der Waals surface area contributed by atoms with Crippen LogP contribution < -0.4 is 14.4 Å². The number of hydrogen-bond acceptors (Lipinski definition) is 5. The molecule has 5 nitrogen and oxygen atoms in total. The van der Waals surface area contributed by atoms with Crippen LogP contribution in [0.15, 0.2) is 42.6 Å². The van der Waals surface area contributed by atoms with Gasteiger partial charge in [0.05, 0.1) is 31.7 Å². The molecule has 1 saturated carbocycles. The first kappa shape index (κ1) is 25.2. The van der Waals surface area contributed by atoms with E-state index in [1.54, 1.807) is 43.3 Å². The summed E-state index contributed by atoms with van der Waals surface area (Å²) in [6.45, 7) is 2.92. The number of carbonyl (C=O) groups excluding carboxylic acids is 1. The topological polar surface area (TPSA) is 51.7 Å². The summed E-state index contributed by atoms with van der Waals surface area (Å²) in [5, 5.41) is 0. The number of pyridine rings is 1. The number of Topliss-reactive ketones (excluding diaryl/α,β-unsaturated/α-hetero) is 1. The van der Waals surface area contributed by atoms with E-state index in [4.69, 9.17) is 9.47 Å². The van der Waals surface area contributed by atoms with Crippen LogP contribution in [-0.4, -0.2) is 48.7 Å². The predicted molar refractivity (Wildman–Crippen MR) is 119 cm³/mol. The second kappa shape index (κ2) is 9.99. The number of halogens is 5. The predicted octanol–water partition coefficient (Wildman–Crippen LogP) is 5.79. The van der Waals surface area contributed by atoms with Crippen LogP contribution in [0, 0.1) is 5.92 Å². The Hall–Kier alpha value is -2.91. The van der Waals surface area contributed by atoms with Crippen molar-refractivity contribution in [3.05, 3.63) is 48.2 Å². The normalized spacial score (nSPS) is 22.1. The summed E-state index contributed by atoms with van der Waals surface area (Å²) in [5.74, 6) is -2.58. The molecule has 0 spiro atoms. The zero-order valence-electron chi connectivity index (χ0n) is 19.2. The Balaban J connectivity index is 1.24. The minimum absolute atomic E-state index is 0.0209. The van der Waals surface area contributed by atoms with E-state index < -0.39 is 42.6 Å². The first-order valence-corrected chi connectivity index (χ1v) is 11.6. The Morgan fingerprint density at radius 1 is 1.17 bits per heavy atom. The number of hydrogen-bond donors (Lipinski definition) is 0. The number of alkyl halides is 5. The van der Waals surface area contributed by atoms with Crippen LogP contribution in [0.4, 0.5) is 27.8 Å². The van der Waals surface area contributed by atoms with Gasteiger partial charge in [-0.25, -0.2) is 13.8 Å². The third kappa shape index (κ3) is 6.82. The fourth-order valence-corrected chi connectivity index (χ4v) is 4.02. The Bertz CT molecular complexity index is 1010. The quantitative estimate of drug-likeness (QED) is 0.388. The second-order valence-electron chi connectivity index (χ2n) is 9.17. The molecule has 190 valence electrons. The van der Waals surface area contributed by atoms with Gasteiger partial charge in [0.1, 0.15) is 29.2 Å². The number of anilines is 1.